The van der Waals surface area contributed by atoms with Gasteiger partial charge in [-0.15, -0.1) is 0 Å². The molecule has 0 aliphatic heterocycles. The summed E-state index contributed by atoms with van der Waals surface area (Å²) in [5.41, 5.74) is 6.60. The van der Waals surface area contributed by atoms with E-state index in [4.69, 9.17) is 5.73 Å². The fourth-order valence-corrected chi connectivity index (χ4v) is 5.28. The Kier molecular flexibility index (Phi) is 19.5. The molecule has 0 spiro atoms. The summed E-state index contributed by atoms with van der Waals surface area (Å²) >= 11 is 1.39. The van der Waals surface area contributed by atoms with Crippen molar-refractivity contribution < 1.29 is 44.1 Å². The highest BCUT2D eigenvalue weighted by Gasteiger charge is 2.34. The molecule has 276 valence electrons. The molecule has 0 radical (unpaired) electrons. The molecule has 0 fully saturated rings. The molecule has 1 aromatic rings. The number of carbonyl (C=O) groups is 6. The summed E-state index contributed by atoms with van der Waals surface area (Å²) in [6.07, 6.45) is 1.00. The largest absolute Gasteiger partial charge is 0.480 e. The third-order valence-corrected chi connectivity index (χ3v) is 8.07. The van der Waals surface area contributed by atoms with Gasteiger partial charge in [0.15, 0.2) is 0 Å². The van der Waals surface area contributed by atoms with Crippen LogP contribution in [0.5, 0.6) is 0 Å². The van der Waals surface area contributed by atoms with E-state index in [2.05, 4.69) is 26.6 Å². The van der Waals surface area contributed by atoms with Crippen LogP contribution in [0.25, 0.3) is 0 Å². The van der Waals surface area contributed by atoms with Crippen molar-refractivity contribution in [1.82, 2.24) is 26.6 Å². The predicted octanol–water partition coefficient (Wildman–Crippen LogP) is -0.717. The number of nitrogens with two attached hydrogens (primary N) is 1. The first-order valence-electron chi connectivity index (χ1n) is 16.3. The van der Waals surface area contributed by atoms with Gasteiger partial charge in [-0.25, -0.2) is 4.79 Å². The summed E-state index contributed by atoms with van der Waals surface area (Å²) in [6, 6.07) is 1.06. The molecule has 1 aromatic carbocycles. The van der Waals surface area contributed by atoms with Crippen LogP contribution in [-0.4, -0.2) is 112 Å². The van der Waals surface area contributed by atoms with Crippen molar-refractivity contribution in [2.45, 2.75) is 103 Å². The van der Waals surface area contributed by atoms with Gasteiger partial charge in [0.05, 0.1) is 18.8 Å². The molecule has 1 rings (SSSR count). The molecule has 16 heteroatoms. The number of carboxylic acid groups (broad SMARTS) is 1. The van der Waals surface area contributed by atoms with Crippen LogP contribution < -0.4 is 32.3 Å². The van der Waals surface area contributed by atoms with Gasteiger partial charge in [-0.05, 0) is 55.6 Å². The Morgan fingerprint density at radius 1 is 0.714 bits per heavy atom. The zero-order chi connectivity index (χ0) is 37.3. The Balaban J connectivity index is 3.25. The zero-order valence-electron chi connectivity index (χ0n) is 29.1. The minimum atomic E-state index is -1.53. The first kappa shape index (κ1) is 43.3. The van der Waals surface area contributed by atoms with Gasteiger partial charge in [0, 0.05) is 6.42 Å². The lowest BCUT2D eigenvalue weighted by molar-refractivity contribution is -0.142. The van der Waals surface area contributed by atoms with Crippen molar-refractivity contribution in [3.8, 4) is 0 Å². The fraction of sp³-hybridized carbons (Fsp3) is 0.636. The highest BCUT2D eigenvalue weighted by molar-refractivity contribution is 7.98. The second-order valence-electron chi connectivity index (χ2n) is 12.8. The molecule has 49 heavy (non-hydrogen) atoms. The van der Waals surface area contributed by atoms with Gasteiger partial charge in [0.1, 0.15) is 30.2 Å². The van der Waals surface area contributed by atoms with Crippen LogP contribution in [0.4, 0.5) is 0 Å². The third kappa shape index (κ3) is 16.0. The maximum absolute atomic E-state index is 13.7. The number of benzene rings is 1. The minimum Gasteiger partial charge on any atom is -0.480 e. The third-order valence-electron chi connectivity index (χ3n) is 7.42. The molecular formula is C33H54N6O9S. The quantitative estimate of drug-likeness (QED) is 0.0727. The minimum absolute atomic E-state index is 0.0356. The number of aliphatic hydroxyl groups excluding tert-OH is 2. The molecule has 0 aliphatic rings. The van der Waals surface area contributed by atoms with Crippen molar-refractivity contribution in [2.24, 2.45) is 17.6 Å². The highest BCUT2D eigenvalue weighted by Crippen LogP contribution is 2.10. The average Bonchev–Trinajstić information content (AvgIpc) is 3.02. The lowest BCUT2D eigenvalue weighted by Gasteiger charge is -2.28. The van der Waals surface area contributed by atoms with Gasteiger partial charge >= 0.3 is 5.97 Å². The number of thioether (sulfide) groups is 1. The second kappa shape index (κ2) is 22.1. The molecule has 10 N–H and O–H groups in total. The van der Waals surface area contributed by atoms with E-state index < -0.39 is 84.5 Å². The number of aliphatic carboxylic acids is 1. The van der Waals surface area contributed by atoms with Crippen LogP contribution in [0.3, 0.4) is 0 Å². The highest BCUT2D eigenvalue weighted by atomic mass is 32.2. The molecule has 0 aliphatic carbocycles. The summed E-state index contributed by atoms with van der Waals surface area (Å²) < 4.78 is 0. The topological polar surface area (TPSA) is 249 Å². The summed E-state index contributed by atoms with van der Waals surface area (Å²) in [5, 5.41) is 42.1. The van der Waals surface area contributed by atoms with E-state index in [9.17, 15) is 44.1 Å². The normalized spacial score (nSPS) is 15.6. The predicted molar refractivity (Wildman–Crippen MR) is 186 cm³/mol. The number of carboxylic acids is 1. The van der Waals surface area contributed by atoms with Crippen molar-refractivity contribution in [2.75, 3.05) is 18.6 Å². The van der Waals surface area contributed by atoms with Crippen molar-refractivity contribution >= 4 is 47.3 Å². The van der Waals surface area contributed by atoms with Gasteiger partial charge in [-0.2, -0.15) is 11.8 Å². The number of hydrogen-bond donors (Lipinski definition) is 9. The molecule has 7 atom stereocenters. The maximum atomic E-state index is 13.7. The van der Waals surface area contributed by atoms with Crippen molar-refractivity contribution in [3.05, 3.63) is 35.9 Å². The molecule has 0 saturated heterocycles. The number of amides is 5. The van der Waals surface area contributed by atoms with Gasteiger partial charge in [0.25, 0.3) is 0 Å². The van der Waals surface area contributed by atoms with E-state index in [-0.39, 0.29) is 31.1 Å². The number of aliphatic hydroxyl groups is 2. The Morgan fingerprint density at radius 2 is 1.22 bits per heavy atom. The molecular weight excluding hydrogens is 656 g/mol. The van der Waals surface area contributed by atoms with E-state index in [1.54, 1.807) is 36.6 Å². The summed E-state index contributed by atoms with van der Waals surface area (Å²) in [6.45, 7) is 7.85. The van der Waals surface area contributed by atoms with Gasteiger partial charge < -0.3 is 47.6 Å². The number of carbonyl (C=O) groups excluding carboxylic acids is 5. The standard InChI is InChI=1S/C33H54N6O9S/c1-18(2)14-22(34)28(42)39-27(20(5)41)32(46)37-24(15-19(3)4)29(43)36-25(16-21-10-8-7-9-11-21)30(44)38-26(17-40)31(45)35-23(33(47)48)12-13-49-6/h7-11,18-20,22-27,40-41H,12-17,34H2,1-6H3,(H,35,45)(H,36,43)(H,37,46)(H,38,44)(H,39,42)(H,47,48)/t20-,22+,23+,24+,25+,26+,27+/m1/s1. The van der Waals surface area contributed by atoms with Crippen molar-refractivity contribution in [3.63, 3.8) is 0 Å². The first-order valence-corrected chi connectivity index (χ1v) is 17.7. The summed E-state index contributed by atoms with van der Waals surface area (Å²) in [7, 11) is 0. The SMILES string of the molecule is CSCC[C@H](NC(=O)[C@H](CO)NC(=O)[C@H](Cc1ccccc1)NC(=O)[C@H](CC(C)C)NC(=O)[C@@H](NC(=O)[C@@H](N)CC(C)C)[C@@H](C)O)C(=O)O. The Labute approximate surface area is 292 Å². The van der Waals surface area contributed by atoms with Crippen LogP contribution in [0.15, 0.2) is 30.3 Å². The van der Waals surface area contributed by atoms with E-state index in [1.165, 1.54) is 18.7 Å². The molecule has 0 unspecified atom stereocenters. The molecule has 15 nitrogen and oxygen atoms in total. The Bertz CT molecular complexity index is 1230. The first-order chi connectivity index (χ1) is 23.0. The van der Waals surface area contributed by atoms with Gasteiger partial charge in [0.2, 0.25) is 29.5 Å². The number of hydrogen-bond acceptors (Lipinski definition) is 10. The van der Waals surface area contributed by atoms with Gasteiger partial charge in [-0.3, -0.25) is 24.0 Å². The van der Waals surface area contributed by atoms with Crippen molar-refractivity contribution in [1.29, 1.82) is 0 Å². The van der Waals surface area contributed by atoms with Crippen LogP contribution in [-0.2, 0) is 35.2 Å². The second-order valence-corrected chi connectivity index (χ2v) is 13.8. The van der Waals surface area contributed by atoms with E-state index in [0.29, 0.717) is 17.7 Å². The summed E-state index contributed by atoms with van der Waals surface area (Å²) in [4.78, 5) is 77.8. The van der Waals surface area contributed by atoms with Crippen LogP contribution in [0.2, 0.25) is 0 Å². The fourth-order valence-electron chi connectivity index (χ4n) is 4.81. The Hall–Kier alpha value is -3.73. The van der Waals surface area contributed by atoms with Crippen LogP contribution >= 0.6 is 11.8 Å². The van der Waals surface area contributed by atoms with E-state index >= 15 is 0 Å². The maximum Gasteiger partial charge on any atom is 0.326 e. The summed E-state index contributed by atoms with van der Waals surface area (Å²) in [5.74, 6) is -4.82. The average molecular weight is 711 g/mol. The smallest absolute Gasteiger partial charge is 0.326 e. The molecule has 0 heterocycles. The lowest BCUT2D eigenvalue weighted by Crippen LogP contribution is -2.61. The molecule has 0 saturated carbocycles. The molecule has 0 bridgehead atoms. The molecule has 5 amide bonds. The van der Waals surface area contributed by atoms with E-state index in [0.717, 1.165) is 0 Å². The van der Waals surface area contributed by atoms with E-state index in [1.807, 2.05) is 27.7 Å². The van der Waals surface area contributed by atoms with Crippen LogP contribution in [0.1, 0.15) is 59.4 Å². The zero-order valence-corrected chi connectivity index (χ0v) is 29.9. The van der Waals surface area contributed by atoms with Gasteiger partial charge in [-0.1, -0.05) is 58.0 Å². The Morgan fingerprint density at radius 3 is 1.73 bits per heavy atom. The van der Waals surface area contributed by atoms with Crippen LogP contribution in [0, 0.1) is 11.8 Å². The number of rotatable bonds is 22. The monoisotopic (exact) mass is 710 g/mol. The number of nitrogens with one attached hydrogen (secondary N) is 5. The lowest BCUT2D eigenvalue weighted by atomic mass is 10.00. The molecule has 0 aromatic heterocycles.